The van der Waals surface area contributed by atoms with E-state index in [2.05, 4.69) is 15.0 Å². The van der Waals surface area contributed by atoms with Crippen LogP contribution in [0.2, 0.25) is 0 Å². The van der Waals surface area contributed by atoms with Crippen molar-refractivity contribution in [1.82, 2.24) is 19.3 Å². The summed E-state index contributed by atoms with van der Waals surface area (Å²) in [5.74, 6) is 0. The van der Waals surface area contributed by atoms with Crippen LogP contribution in [0.4, 0.5) is 0 Å². The molecular formula is C20H22N4O3S. The van der Waals surface area contributed by atoms with Crippen LogP contribution in [0.25, 0.3) is 10.9 Å². The van der Waals surface area contributed by atoms with E-state index in [4.69, 9.17) is 4.74 Å². The Morgan fingerprint density at radius 1 is 1.14 bits per heavy atom. The second-order valence-corrected chi connectivity index (χ2v) is 8.71. The first kappa shape index (κ1) is 18.8. The van der Waals surface area contributed by atoms with Crippen molar-refractivity contribution in [3.05, 3.63) is 54.5 Å². The van der Waals surface area contributed by atoms with Gasteiger partial charge < -0.3 is 4.74 Å². The van der Waals surface area contributed by atoms with E-state index in [0.29, 0.717) is 12.1 Å². The third-order valence-electron chi connectivity index (χ3n) is 4.92. The van der Waals surface area contributed by atoms with Gasteiger partial charge in [-0.3, -0.25) is 4.98 Å². The van der Waals surface area contributed by atoms with Gasteiger partial charge in [0.15, 0.2) is 0 Å². The second kappa shape index (κ2) is 7.81. The molecule has 1 aromatic carbocycles. The number of benzene rings is 1. The van der Waals surface area contributed by atoms with Crippen molar-refractivity contribution >= 4 is 20.9 Å². The molecule has 0 spiro atoms. The quantitative estimate of drug-likeness (QED) is 0.657. The van der Waals surface area contributed by atoms with Gasteiger partial charge in [0.1, 0.15) is 11.0 Å². The molecule has 0 amide bonds. The number of ether oxygens (including phenoxy) is 1. The van der Waals surface area contributed by atoms with Crippen molar-refractivity contribution < 1.29 is 13.2 Å². The Morgan fingerprint density at radius 2 is 1.93 bits per heavy atom. The molecule has 1 saturated heterocycles. The van der Waals surface area contributed by atoms with E-state index in [0.717, 1.165) is 30.2 Å². The summed E-state index contributed by atoms with van der Waals surface area (Å²) in [6.07, 6.45) is 7.14. The molecule has 0 saturated carbocycles. The van der Waals surface area contributed by atoms with Crippen LogP contribution in [0.15, 0.2) is 53.8 Å². The number of para-hydroxylation sites is 1. The molecule has 8 heteroatoms. The molecule has 1 atom stereocenters. The molecule has 2 aromatic heterocycles. The number of sulfonamides is 1. The fourth-order valence-corrected chi connectivity index (χ4v) is 5.05. The largest absolute Gasteiger partial charge is 0.459 e. The molecule has 3 heterocycles. The van der Waals surface area contributed by atoms with Crippen molar-refractivity contribution in [3.63, 3.8) is 0 Å². The highest BCUT2D eigenvalue weighted by atomic mass is 32.2. The zero-order chi connectivity index (χ0) is 19.6. The van der Waals surface area contributed by atoms with Gasteiger partial charge in [-0.25, -0.2) is 18.4 Å². The lowest BCUT2D eigenvalue weighted by atomic mass is 10.1. The number of fused-ring (bicyclic) bond motifs is 1. The highest BCUT2D eigenvalue weighted by Gasteiger charge is 2.32. The monoisotopic (exact) mass is 398 g/mol. The van der Waals surface area contributed by atoms with Crippen molar-refractivity contribution in [3.8, 4) is 6.01 Å². The van der Waals surface area contributed by atoms with Gasteiger partial charge in [-0.1, -0.05) is 25.1 Å². The van der Waals surface area contributed by atoms with Gasteiger partial charge in [0.2, 0.25) is 10.0 Å². The summed E-state index contributed by atoms with van der Waals surface area (Å²) in [4.78, 5) is 13.0. The molecular weight excluding hydrogens is 376 g/mol. The molecule has 1 aliphatic heterocycles. The van der Waals surface area contributed by atoms with Gasteiger partial charge in [-0.2, -0.15) is 4.31 Å². The average Bonchev–Trinajstić information content (AvgIpc) is 2.74. The number of pyridine rings is 1. The zero-order valence-corrected chi connectivity index (χ0v) is 16.5. The maximum absolute atomic E-state index is 13.3. The lowest BCUT2D eigenvalue weighted by molar-refractivity contribution is 0.119. The van der Waals surface area contributed by atoms with Gasteiger partial charge in [0.25, 0.3) is 0 Å². The highest BCUT2D eigenvalue weighted by Crippen LogP contribution is 2.27. The van der Waals surface area contributed by atoms with Gasteiger partial charge >= 0.3 is 6.01 Å². The van der Waals surface area contributed by atoms with Crippen LogP contribution in [-0.4, -0.2) is 46.9 Å². The molecule has 3 aromatic rings. The van der Waals surface area contributed by atoms with Gasteiger partial charge in [0, 0.05) is 30.5 Å². The molecule has 1 aliphatic rings. The second-order valence-electron chi connectivity index (χ2n) is 6.80. The Kier molecular flexibility index (Phi) is 5.23. The van der Waals surface area contributed by atoms with Crippen LogP contribution in [0.5, 0.6) is 6.01 Å². The molecule has 7 nitrogen and oxygen atoms in total. The first-order chi connectivity index (χ1) is 13.6. The maximum atomic E-state index is 13.3. The Balaban J connectivity index is 1.56. The maximum Gasteiger partial charge on any atom is 0.316 e. The normalized spacial score (nSPS) is 18.2. The molecule has 28 heavy (non-hydrogen) atoms. The molecule has 0 radical (unpaired) electrons. The van der Waals surface area contributed by atoms with E-state index in [1.165, 1.54) is 4.31 Å². The minimum Gasteiger partial charge on any atom is -0.459 e. The van der Waals surface area contributed by atoms with Crippen molar-refractivity contribution in [1.29, 1.82) is 0 Å². The molecule has 0 N–H and O–H groups in total. The summed E-state index contributed by atoms with van der Waals surface area (Å²) in [5.41, 5.74) is 1.52. The van der Waals surface area contributed by atoms with Crippen molar-refractivity contribution in [2.75, 3.05) is 13.1 Å². The smallest absolute Gasteiger partial charge is 0.316 e. The lowest BCUT2D eigenvalue weighted by Crippen LogP contribution is -2.44. The number of aryl methyl sites for hydroxylation is 1. The Labute approximate surface area is 164 Å². The number of hydrogen-bond donors (Lipinski definition) is 0. The first-order valence-corrected chi connectivity index (χ1v) is 10.8. The van der Waals surface area contributed by atoms with Gasteiger partial charge in [-0.15, -0.1) is 0 Å². The zero-order valence-electron chi connectivity index (χ0n) is 15.7. The fraction of sp³-hybridized carbons (Fsp3) is 0.350. The van der Waals surface area contributed by atoms with Crippen molar-refractivity contribution in [2.24, 2.45) is 0 Å². The predicted molar refractivity (Wildman–Crippen MR) is 106 cm³/mol. The summed E-state index contributed by atoms with van der Waals surface area (Å²) < 4.78 is 33.9. The van der Waals surface area contributed by atoms with Crippen LogP contribution in [0.1, 0.15) is 25.3 Å². The SMILES string of the molecule is CCc1cnc(OC2CCCN(S(=O)(=O)c3cccc4cccnc34)C2)nc1. The van der Waals surface area contributed by atoms with Crippen LogP contribution in [0, 0.1) is 0 Å². The number of hydrogen-bond acceptors (Lipinski definition) is 6. The average molecular weight is 398 g/mol. The number of aromatic nitrogens is 3. The minimum absolute atomic E-state index is 0.231. The lowest BCUT2D eigenvalue weighted by Gasteiger charge is -2.31. The minimum atomic E-state index is -3.67. The molecule has 0 bridgehead atoms. The first-order valence-electron chi connectivity index (χ1n) is 9.39. The third-order valence-corrected chi connectivity index (χ3v) is 6.81. The molecule has 0 aliphatic carbocycles. The highest BCUT2D eigenvalue weighted by molar-refractivity contribution is 7.89. The van der Waals surface area contributed by atoms with E-state index >= 15 is 0 Å². The Bertz CT molecular complexity index is 1070. The van der Waals surface area contributed by atoms with Crippen LogP contribution in [0.3, 0.4) is 0 Å². The van der Waals surface area contributed by atoms with E-state index in [-0.39, 0.29) is 23.6 Å². The summed E-state index contributed by atoms with van der Waals surface area (Å²) in [5, 5.41) is 0.804. The molecule has 1 fully saturated rings. The van der Waals surface area contributed by atoms with Crippen LogP contribution < -0.4 is 4.74 Å². The molecule has 146 valence electrons. The number of nitrogens with zero attached hydrogens (tertiary/aromatic N) is 4. The summed E-state index contributed by atoms with van der Waals surface area (Å²) in [6.45, 7) is 2.76. The van der Waals surface area contributed by atoms with E-state index in [1.54, 1.807) is 36.8 Å². The summed E-state index contributed by atoms with van der Waals surface area (Å²) in [7, 11) is -3.67. The topological polar surface area (TPSA) is 85.3 Å². The van der Waals surface area contributed by atoms with Crippen LogP contribution in [-0.2, 0) is 16.4 Å². The van der Waals surface area contributed by atoms with Gasteiger partial charge in [-0.05, 0) is 37.0 Å². The summed E-state index contributed by atoms with van der Waals surface area (Å²) in [6, 6.07) is 9.17. The fourth-order valence-electron chi connectivity index (χ4n) is 3.38. The van der Waals surface area contributed by atoms with E-state index in [1.807, 2.05) is 19.1 Å². The molecule has 4 rings (SSSR count). The predicted octanol–water partition coefficient (Wildman–Crippen LogP) is 2.82. The van der Waals surface area contributed by atoms with Gasteiger partial charge in [0.05, 0.1) is 12.1 Å². The Hall–Kier alpha value is -2.58. The van der Waals surface area contributed by atoms with Crippen molar-refractivity contribution in [2.45, 2.75) is 37.2 Å². The number of rotatable bonds is 5. The van der Waals surface area contributed by atoms with Crippen LogP contribution >= 0.6 is 0 Å². The summed E-state index contributed by atoms with van der Waals surface area (Å²) >= 11 is 0. The van der Waals surface area contributed by atoms with E-state index < -0.39 is 10.0 Å². The standard InChI is InChI=1S/C20H22N4O3S/c1-2-15-12-22-20(23-13-15)27-17-8-5-11-24(14-17)28(25,26)18-9-3-6-16-7-4-10-21-19(16)18/h3-4,6-7,9-10,12-13,17H,2,5,8,11,14H2,1H3. The van der Waals surface area contributed by atoms with E-state index in [9.17, 15) is 8.42 Å². The Morgan fingerprint density at radius 3 is 2.71 bits per heavy atom. The molecule has 1 unspecified atom stereocenters. The number of piperidine rings is 1. The third kappa shape index (κ3) is 3.70.